The van der Waals surface area contributed by atoms with Crippen LogP contribution >= 0.6 is 22.6 Å². The average Bonchev–Trinajstić information content (AvgIpc) is 3.05. The van der Waals surface area contributed by atoms with Crippen LogP contribution in [-0.2, 0) is 15.0 Å². The molecule has 30 heavy (non-hydrogen) atoms. The summed E-state index contributed by atoms with van der Waals surface area (Å²) in [5.41, 5.74) is 5.10. The highest BCUT2D eigenvalue weighted by Crippen LogP contribution is 2.65. The first-order valence-corrected chi connectivity index (χ1v) is 11.5. The fourth-order valence-corrected chi connectivity index (χ4v) is 6.93. The smallest absolute Gasteiger partial charge is 0.238 e. The summed E-state index contributed by atoms with van der Waals surface area (Å²) in [6.07, 6.45) is 0.786. The summed E-state index contributed by atoms with van der Waals surface area (Å²) in [5.74, 6) is -0.885. The van der Waals surface area contributed by atoms with Crippen LogP contribution in [0.1, 0.15) is 41.5 Å². The highest BCUT2D eigenvalue weighted by Gasteiger charge is 2.67. The van der Waals surface area contributed by atoms with Crippen molar-refractivity contribution in [3.05, 3.63) is 98.6 Å². The molecule has 0 N–H and O–H groups in total. The number of carbonyl (C=O) groups excluding carboxylic acids is 2. The van der Waals surface area contributed by atoms with Gasteiger partial charge in [-0.05, 0) is 69.5 Å². The number of anilines is 1. The summed E-state index contributed by atoms with van der Waals surface area (Å²) in [4.78, 5) is 29.2. The van der Waals surface area contributed by atoms with E-state index in [4.69, 9.17) is 0 Å². The van der Waals surface area contributed by atoms with Gasteiger partial charge in [0.05, 0.1) is 17.5 Å². The van der Waals surface area contributed by atoms with Gasteiger partial charge in [-0.25, -0.2) is 4.90 Å². The number of rotatable bonds is 2. The second-order valence-corrected chi connectivity index (χ2v) is 9.72. The van der Waals surface area contributed by atoms with Gasteiger partial charge in [-0.3, -0.25) is 9.59 Å². The van der Waals surface area contributed by atoms with Crippen molar-refractivity contribution in [3.63, 3.8) is 0 Å². The van der Waals surface area contributed by atoms with E-state index < -0.39 is 5.41 Å². The largest absolute Gasteiger partial charge is 0.274 e. The molecule has 0 aromatic heterocycles. The topological polar surface area (TPSA) is 37.4 Å². The van der Waals surface area contributed by atoms with Crippen LogP contribution in [0.2, 0.25) is 0 Å². The van der Waals surface area contributed by atoms with Crippen molar-refractivity contribution in [1.82, 2.24) is 0 Å². The molecule has 3 nitrogen and oxygen atoms in total. The molecule has 2 amide bonds. The second-order valence-electron chi connectivity index (χ2n) is 8.47. The molecule has 3 aromatic rings. The van der Waals surface area contributed by atoms with E-state index >= 15 is 0 Å². The van der Waals surface area contributed by atoms with Gasteiger partial charge in [-0.15, -0.1) is 0 Å². The molecule has 3 aromatic carbocycles. The van der Waals surface area contributed by atoms with Crippen molar-refractivity contribution < 1.29 is 9.59 Å². The third-order valence-corrected chi connectivity index (χ3v) is 8.09. The highest BCUT2D eigenvalue weighted by molar-refractivity contribution is 14.1. The van der Waals surface area contributed by atoms with E-state index in [1.54, 1.807) is 0 Å². The standard InChI is InChI=1S/C26H20INO2/c1-2-26-19-12-5-3-10-17(19)21(18-11-4-6-13-20(18)26)22-23(26)25(30)28(24(22)29)16-9-7-8-15(27)14-16/h3-14,21-23H,2H2,1H3/t21?,22-,23+,26?/m1/s1. The second kappa shape index (κ2) is 6.27. The Hall–Kier alpha value is -2.47. The van der Waals surface area contributed by atoms with E-state index in [1.807, 2.05) is 24.3 Å². The molecule has 3 aliphatic carbocycles. The maximum absolute atomic E-state index is 13.9. The molecule has 1 heterocycles. The lowest BCUT2D eigenvalue weighted by Gasteiger charge is -2.54. The summed E-state index contributed by atoms with van der Waals surface area (Å²) in [6, 6.07) is 24.6. The van der Waals surface area contributed by atoms with Crippen molar-refractivity contribution in [2.75, 3.05) is 4.90 Å². The summed E-state index contributed by atoms with van der Waals surface area (Å²) < 4.78 is 1.01. The molecule has 0 unspecified atom stereocenters. The minimum atomic E-state index is -0.462. The Morgan fingerprint density at radius 3 is 2.10 bits per heavy atom. The predicted octanol–water partition coefficient (Wildman–Crippen LogP) is 5.25. The predicted molar refractivity (Wildman–Crippen MR) is 124 cm³/mol. The molecule has 0 radical (unpaired) electrons. The SMILES string of the molecule is CCC12c3ccccc3C(c3ccccc31)[C@H]1C(=O)N(c3cccc(I)c3)C(=O)[C@H]12. The number of benzene rings is 3. The van der Waals surface area contributed by atoms with E-state index in [0.29, 0.717) is 5.69 Å². The van der Waals surface area contributed by atoms with E-state index in [0.717, 1.165) is 9.99 Å². The Balaban J connectivity index is 1.65. The Kier molecular flexibility index (Phi) is 3.82. The first-order chi connectivity index (χ1) is 14.6. The number of halogens is 1. The van der Waals surface area contributed by atoms with Gasteiger partial charge in [0.2, 0.25) is 11.8 Å². The van der Waals surface area contributed by atoms with E-state index in [-0.39, 0.29) is 29.6 Å². The Morgan fingerprint density at radius 2 is 1.50 bits per heavy atom. The zero-order valence-corrected chi connectivity index (χ0v) is 18.7. The minimum absolute atomic E-state index is 0.0529. The van der Waals surface area contributed by atoms with Crippen LogP contribution in [-0.4, -0.2) is 11.8 Å². The van der Waals surface area contributed by atoms with Crippen LogP contribution in [0.15, 0.2) is 72.8 Å². The Morgan fingerprint density at radius 1 is 0.867 bits per heavy atom. The van der Waals surface area contributed by atoms with Crippen molar-refractivity contribution in [2.45, 2.75) is 24.7 Å². The summed E-state index contributed by atoms with van der Waals surface area (Å²) in [7, 11) is 0. The number of hydrogen-bond acceptors (Lipinski definition) is 2. The molecule has 1 fully saturated rings. The van der Waals surface area contributed by atoms with Crippen molar-refractivity contribution in [3.8, 4) is 0 Å². The molecule has 0 saturated carbocycles. The van der Waals surface area contributed by atoms with Gasteiger partial charge in [0.25, 0.3) is 0 Å². The van der Waals surface area contributed by atoms with Crippen LogP contribution in [0.4, 0.5) is 5.69 Å². The minimum Gasteiger partial charge on any atom is -0.274 e. The first-order valence-electron chi connectivity index (χ1n) is 10.4. The molecule has 0 spiro atoms. The van der Waals surface area contributed by atoms with Crippen molar-refractivity contribution in [1.29, 1.82) is 0 Å². The molecule has 1 saturated heterocycles. The number of hydrogen-bond donors (Lipinski definition) is 0. The van der Waals surface area contributed by atoms with E-state index in [1.165, 1.54) is 27.2 Å². The zero-order chi connectivity index (χ0) is 20.6. The third kappa shape index (κ3) is 2.05. The number of carbonyl (C=O) groups is 2. The first kappa shape index (κ1) is 18.3. The number of imide groups is 1. The zero-order valence-electron chi connectivity index (χ0n) is 16.5. The van der Waals surface area contributed by atoms with Gasteiger partial charge in [0.1, 0.15) is 0 Å². The summed E-state index contributed by atoms with van der Waals surface area (Å²) >= 11 is 2.23. The molecule has 4 heteroatoms. The average molecular weight is 505 g/mol. The lowest BCUT2D eigenvalue weighted by atomic mass is 9.46. The number of amides is 2. The van der Waals surface area contributed by atoms with Gasteiger partial charge in [0.15, 0.2) is 0 Å². The maximum atomic E-state index is 13.9. The number of nitrogens with zero attached hydrogens (tertiary/aromatic N) is 1. The monoisotopic (exact) mass is 505 g/mol. The van der Waals surface area contributed by atoms with E-state index in [9.17, 15) is 9.59 Å². The van der Waals surface area contributed by atoms with Crippen LogP contribution < -0.4 is 4.90 Å². The molecule has 7 rings (SSSR count). The van der Waals surface area contributed by atoms with Gasteiger partial charge >= 0.3 is 0 Å². The van der Waals surface area contributed by atoms with Crippen LogP contribution in [0.5, 0.6) is 0 Å². The van der Waals surface area contributed by atoms with Gasteiger partial charge in [-0.1, -0.05) is 61.5 Å². The molecule has 1 aliphatic heterocycles. The fraction of sp³-hybridized carbons (Fsp3) is 0.231. The normalized spacial score (nSPS) is 28.3. The maximum Gasteiger partial charge on any atom is 0.238 e. The van der Waals surface area contributed by atoms with Crippen LogP contribution in [0.3, 0.4) is 0 Å². The van der Waals surface area contributed by atoms with Crippen molar-refractivity contribution >= 4 is 40.1 Å². The summed E-state index contributed by atoms with van der Waals surface area (Å²) in [6.45, 7) is 2.15. The lowest BCUT2D eigenvalue weighted by molar-refractivity contribution is -0.123. The Bertz CT molecular complexity index is 1190. The fourth-order valence-electron chi connectivity index (χ4n) is 6.40. The molecule has 4 aliphatic rings. The molecular weight excluding hydrogens is 485 g/mol. The van der Waals surface area contributed by atoms with E-state index in [2.05, 4.69) is 78.0 Å². The molecular formula is C26H20INO2. The third-order valence-electron chi connectivity index (χ3n) is 7.42. The van der Waals surface area contributed by atoms with Crippen molar-refractivity contribution in [2.24, 2.45) is 11.8 Å². The van der Waals surface area contributed by atoms with Gasteiger partial charge in [-0.2, -0.15) is 0 Å². The quantitative estimate of drug-likeness (QED) is 0.353. The summed E-state index contributed by atoms with van der Waals surface area (Å²) in [5, 5.41) is 0. The van der Waals surface area contributed by atoms with Crippen LogP contribution in [0, 0.1) is 15.4 Å². The van der Waals surface area contributed by atoms with Gasteiger partial charge < -0.3 is 0 Å². The molecule has 148 valence electrons. The highest BCUT2D eigenvalue weighted by atomic mass is 127. The molecule has 2 atom stereocenters. The molecule has 2 bridgehead atoms. The van der Waals surface area contributed by atoms with Gasteiger partial charge in [0, 0.05) is 14.9 Å². The Labute approximate surface area is 189 Å². The van der Waals surface area contributed by atoms with Crippen LogP contribution in [0.25, 0.3) is 0 Å². The lowest BCUT2D eigenvalue weighted by Crippen LogP contribution is -2.53.